The summed E-state index contributed by atoms with van der Waals surface area (Å²) in [6.45, 7) is 0. The van der Waals surface area contributed by atoms with E-state index in [9.17, 15) is 5.26 Å². The third kappa shape index (κ3) is 5.50. The molecule has 2 fully saturated rings. The van der Waals surface area contributed by atoms with Crippen molar-refractivity contribution in [2.24, 2.45) is 0 Å². The Hall–Kier alpha value is -2.02. The second kappa shape index (κ2) is 11.1. The molecule has 2 aliphatic rings. The van der Waals surface area contributed by atoms with E-state index in [-0.39, 0.29) is 22.9 Å². The van der Waals surface area contributed by atoms with Crippen molar-refractivity contribution in [3.05, 3.63) is 105 Å². The van der Waals surface area contributed by atoms with Gasteiger partial charge in [0.2, 0.25) is 0 Å². The summed E-state index contributed by atoms with van der Waals surface area (Å²) in [5.74, 6) is 1.98. The Balaban J connectivity index is 0.000000408. The van der Waals surface area contributed by atoms with Crippen molar-refractivity contribution >= 4 is 5.82 Å². The maximum absolute atomic E-state index is 9.39. The molecule has 0 bridgehead atoms. The number of aromatic nitrogens is 1. The van der Waals surface area contributed by atoms with Crippen LogP contribution < -0.4 is 10.5 Å². The van der Waals surface area contributed by atoms with Crippen LogP contribution in [0.5, 0.6) is 5.75 Å². The van der Waals surface area contributed by atoms with Gasteiger partial charge in [-0.15, -0.1) is 0 Å². The number of nitrogen functional groups attached to an aromatic ring is 1. The van der Waals surface area contributed by atoms with Gasteiger partial charge in [-0.25, -0.2) is 4.98 Å². The topological polar surface area (TPSA) is 71.9 Å². The van der Waals surface area contributed by atoms with Crippen molar-refractivity contribution in [1.29, 1.82) is 5.26 Å². The zero-order chi connectivity index (χ0) is 19.1. The first-order valence-corrected chi connectivity index (χ1v) is 8.46. The van der Waals surface area contributed by atoms with Gasteiger partial charge in [0.05, 0.1) is 12.8 Å². The van der Waals surface area contributed by atoms with Crippen molar-refractivity contribution in [2.75, 3.05) is 12.8 Å². The molecule has 1 aromatic heterocycles. The van der Waals surface area contributed by atoms with E-state index in [1.807, 2.05) is 88.1 Å². The molecule has 0 amide bonds. The molecular formula is C23H19FeN3O+2. The van der Waals surface area contributed by atoms with Gasteiger partial charge in [0.1, 0.15) is 23.2 Å². The summed E-state index contributed by atoms with van der Waals surface area (Å²) in [7, 11) is 1.62. The zero-order valence-electron chi connectivity index (χ0n) is 15.3. The normalized spacial score (nSPS) is 15.9. The number of benzene rings is 1. The summed E-state index contributed by atoms with van der Waals surface area (Å²) < 4.78 is 5.17. The molecule has 28 heavy (non-hydrogen) atoms. The van der Waals surface area contributed by atoms with E-state index in [1.165, 1.54) is 0 Å². The third-order valence-corrected chi connectivity index (χ3v) is 4.07. The van der Waals surface area contributed by atoms with Gasteiger partial charge in [0.25, 0.3) is 0 Å². The van der Waals surface area contributed by atoms with Gasteiger partial charge in [-0.2, -0.15) is 5.26 Å². The summed E-state index contributed by atoms with van der Waals surface area (Å²) in [5.41, 5.74) is 8.79. The molecule has 4 nitrogen and oxygen atoms in total. The molecule has 1 aromatic carbocycles. The van der Waals surface area contributed by atoms with Crippen molar-refractivity contribution in [2.45, 2.75) is 0 Å². The van der Waals surface area contributed by atoms with E-state index < -0.39 is 0 Å². The van der Waals surface area contributed by atoms with E-state index in [2.05, 4.69) is 11.1 Å². The zero-order valence-corrected chi connectivity index (χ0v) is 16.4. The Morgan fingerprint density at radius 3 is 2.00 bits per heavy atom. The molecule has 0 atom stereocenters. The minimum Gasteiger partial charge on any atom is -0.497 e. The average molecular weight is 409 g/mol. The molecule has 0 aliphatic heterocycles. The number of anilines is 1. The van der Waals surface area contributed by atoms with E-state index >= 15 is 0 Å². The monoisotopic (exact) mass is 409 g/mol. The standard InChI is InChI=1S/C18H14N3O.C5H5.Fe/c1-22-14-8-6-12(7-9-14)15-10-17(13-4-2-3-5-13)21-18(20)16(15)11-19;1-2-4-5-3-1;/h2-10H,1H3,(H2,20,21);1-5H;/q;;+2. The number of hydrogen-bond donors (Lipinski definition) is 1. The van der Waals surface area contributed by atoms with Gasteiger partial charge < -0.3 is 10.5 Å². The summed E-state index contributed by atoms with van der Waals surface area (Å²) >= 11 is 0. The van der Waals surface area contributed by atoms with Crippen LogP contribution in [0.3, 0.4) is 0 Å². The fourth-order valence-electron chi connectivity index (χ4n) is 2.69. The predicted molar refractivity (Wildman–Crippen MR) is 106 cm³/mol. The molecule has 0 unspecified atom stereocenters. The molecular weight excluding hydrogens is 390 g/mol. The quantitative estimate of drug-likeness (QED) is 0.779. The number of nitrogens with zero attached hydrogens (tertiary/aromatic N) is 2. The van der Waals surface area contributed by atoms with Crippen LogP contribution in [0.15, 0.2) is 30.3 Å². The molecule has 4 rings (SSSR count). The van der Waals surface area contributed by atoms with Gasteiger partial charge in [-0.05, 0) is 81.5 Å². The molecule has 10 radical (unpaired) electrons. The maximum Gasteiger partial charge on any atom is 2.00 e. The predicted octanol–water partition coefficient (Wildman–Crippen LogP) is 3.98. The van der Waals surface area contributed by atoms with Crippen LogP contribution in [0.2, 0.25) is 0 Å². The van der Waals surface area contributed by atoms with Crippen LogP contribution in [0.1, 0.15) is 11.3 Å². The average Bonchev–Trinajstić information content (AvgIpc) is 3.44. The Morgan fingerprint density at radius 1 is 0.929 bits per heavy atom. The first-order valence-electron chi connectivity index (χ1n) is 8.46. The van der Waals surface area contributed by atoms with Crippen LogP contribution in [0.4, 0.5) is 5.82 Å². The van der Waals surface area contributed by atoms with Crippen LogP contribution in [-0.4, -0.2) is 12.1 Å². The van der Waals surface area contributed by atoms with Gasteiger partial charge in [-0.3, -0.25) is 0 Å². The van der Waals surface area contributed by atoms with Crippen molar-refractivity contribution in [3.63, 3.8) is 0 Å². The van der Waals surface area contributed by atoms with Gasteiger partial charge in [0, 0.05) is 11.5 Å². The minimum absolute atomic E-state index is 0. The van der Waals surface area contributed by atoms with Crippen molar-refractivity contribution < 1.29 is 21.8 Å². The van der Waals surface area contributed by atoms with Crippen LogP contribution in [0.25, 0.3) is 11.1 Å². The fourth-order valence-corrected chi connectivity index (χ4v) is 2.69. The largest absolute Gasteiger partial charge is 2.00 e. The number of ether oxygens (including phenoxy) is 1. The van der Waals surface area contributed by atoms with Gasteiger partial charge >= 0.3 is 17.1 Å². The van der Waals surface area contributed by atoms with Gasteiger partial charge in [0.15, 0.2) is 0 Å². The van der Waals surface area contributed by atoms with E-state index in [0.29, 0.717) is 5.56 Å². The summed E-state index contributed by atoms with van der Waals surface area (Å²) in [6, 6.07) is 11.6. The molecule has 2 saturated carbocycles. The summed E-state index contributed by atoms with van der Waals surface area (Å²) in [4.78, 5) is 4.34. The van der Waals surface area contributed by atoms with E-state index in [1.54, 1.807) is 7.11 Å². The fraction of sp³-hybridized carbons (Fsp3) is 0.0435. The summed E-state index contributed by atoms with van der Waals surface area (Å²) in [6.07, 6.45) is 17.8. The number of nitriles is 1. The first kappa shape index (κ1) is 22.3. The number of rotatable bonds is 3. The third-order valence-electron chi connectivity index (χ3n) is 4.07. The van der Waals surface area contributed by atoms with E-state index in [0.717, 1.165) is 28.5 Å². The molecule has 2 N–H and O–H groups in total. The first-order chi connectivity index (χ1) is 13.2. The number of pyridine rings is 1. The molecule has 138 valence electrons. The Labute approximate surface area is 179 Å². The SMILES string of the molecule is COc1ccc(-c2cc([C]3[CH][CH][CH][CH]3)nc(N)c2C#N)cc1.[CH]1[CH][CH][CH][CH]1.[Fe+2]. The van der Waals surface area contributed by atoms with Crippen LogP contribution in [0, 0.1) is 75.0 Å². The Morgan fingerprint density at radius 2 is 1.50 bits per heavy atom. The maximum atomic E-state index is 9.39. The molecule has 2 aliphatic carbocycles. The number of hydrogen-bond acceptors (Lipinski definition) is 4. The van der Waals surface area contributed by atoms with Gasteiger partial charge in [-0.1, -0.05) is 12.1 Å². The van der Waals surface area contributed by atoms with Crippen LogP contribution >= 0.6 is 0 Å². The number of nitrogens with two attached hydrogens (primary N) is 1. The minimum atomic E-state index is 0. The number of methoxy groups -OCH3 is 1. The molecule has 1 heterocycles. The smallest absolute Gasteiger partial charge is 0.497 e. The molecule has 2 aromatic rings. The van der Waals surface area contributed by atoms with Crippen molar-refractivity contribution in [3.8, 4) is 22.9 Å². The molecule has 0 saturated heterocycles. The Kier molecular flexibility index (Phi) is 8.83. The molecule has 5 heteroatoms. The summed E-state index contributed by atoms with van der Waals surface area (Å²) in [5, 5.41) is 9.39. The van der Waals surface area contributed by atoms with E-state index in [4.69, 9.17) is 10.5 Å². The van der Waals surface area contributed by atoms with Crippen LogP contribution in [-0.2, 0) is 17.1 Å². The molecule has 0 spiro atoms. The Bertz CT molecular complexity index is 781. The second-order valence-electron chi connectivity index (χ2n) is 5.79. The second-order valence-corrected chi connectivity index (χ2v) is 5.79. The van der Waals surface area contributed by atoms with Crippen molar-refractivity contribution in [1.82, 2.24) is 4.98 Å².